The molecule has 0 saturated carbocycles. The Morgan fingerprint density at radius 1 is 1.16 bits per heavy atom. The minimum atomic E-state index is 0. The van der Waals surface area contributed by atoms with Gasteiger partial charge in [-0.2, -0.15) is 0 Å². The Hall–Kier alpha value is -1.49. The van der Waals surface area contributed by atoms with E-state index in [2.05, 4.69) is 24.0 Å². The molecule has 0 aliphatic carbocycles. The molecule has 3 nitrogen and oxygen atoms in total. The van der Waals surface area contributed by atoms with Gasteiger partial charge in [0.1, 0.15) is 12.4 Å². The number of anilines is 1. The molecule has 2 aromatic heterocycles. The highest BCUT2D eigenvalue weighted by atomic mass is 35.5. The van der Waals surface area contributed by atoms with Crippen molar-refractivity contribution in [2.75, 3.05) is 18.0 Å². The highest BCUT2D eigenvalue weighted by Crippen LogP contribution is 2.32. The Morgan fingerprint density at radius 2 is 1.96 bits per heavy atom. The van der Waals surface area contributed by atoms with Gasteiger partial charge in [-0.15, -0.1) is 23.7 Å². The number of benzene rings is 1. The minimum absolute atomic E-state index is 0. The van der Waals surface area contributed by atoms with Crippen molar-refractivity contribution in [3.8, 4) is 5.75 Å². The summed E-state index contributed by atoms with van der Waals surface area (Å²) < 4.78 is 6.71. The van der Waals surface area contributed by atoms with E-state index < -0.39 is 0 Å². The van der Waals surface area contributed by atoms with E-state index in [0.717, 1.165) is 39.3 Å². The lowest BCUT2D eigenvalue weighted by Crippen LogP contribution is -2.18. The van der Waals surface area contributed by atoms with Crippen molar-refractivity contribution in [3.63, 3.8) is 0 Å². The molecular weight excluding hydrogens is 375 g/mol. The zero-order chi connectivity index (χ0) is 16.5. The standard InChI is InChI=1S/C19H19ClN2OS.ClH/c1-13-10-18(22-8-2-3-9-22)16-6-4-14(11-17(16)21-13)23-12-15-5-7-19(20)24-15;/h4-7,10-11H,2-3,8-9,12H2,1H3;1H. The van der Waals surface area contributed by atoms with Crippen LogP contribution in [0.1, 0.15) is 23.4 Å². The third-order valence-corrected chi connectivity index (χ3v) is 5.55. The topological polar surface area (TPSA) is 25.4 Å². The molecule has 1 saturated heterocycles. The van der Waals surface area contributed by atoms with Gasteiger partial charge in [0.05, 0.1) is 9.85 Å². The molecule has 3 aromatic rings. The number of hydrogen-bond donors (Lipinski definition) is 0. The Balaban J connectivity index is 0.00000182. The summed E-state index contributed by atoms with van der Waals surface area (Å²) in [5.74, 6) is 0.845. The fraction of sp³-hybridized carbons (Fsp3) is 0.316. The van der Waals surface area contributed by atoms with E-state index in [1.165, 1.54) is 23.9 Å². The summed E-state index contributed by atoms with van der Waals surface area (Å²) in [6.07, 6.45) is 2.54. The molecule has 0 bridgehead atoms. The van der Waals surface area contributed by atoms with E-state index in [1.54, 1.807) is 11.3 Å². The molecule has 0 N–H and O–H groups in total. The van der Waals surface area contributed by atoms with Crippen LogP contribution in [0.3, 0.4) is 0 Å². The molecule has 1 aliphatic heterocycles. The summed E-state index contributed by atoms with van der Waals surface area (Å²) in [4.78, 5) is 8.29. The molecule has 3 heterocycles. The lowest BCUT2D eigenvalue weighted by Gasteiger charge is -2.20. The predicted molar refractivity (Wildman–Crippen MR) is 109 cm³/mol. The summed E-state index contributed by atoms with van der Waals surface area (Å²) in [6.45, 7) is 4.86. The quantitative estimate of drug-likeness (QED) is 0.553. The monoisotopic (exact) mass is 394 g/mol. The molecule has 132 valence electrons. The number of rotatable bonds is 4. The third kappa shape index (κ3) is 4.02. The van der Waals surface area contributed by atoms with Crippen molar-refractivity contribution in [1.82, 2.24) is 4.98 Å². The Morgan fingerprint density at radius 3 is 2.68 bits per heavy atom. The van der Waals surface area contributed by atoms with Crippen LogP contribution in [0.5, 0.6) is 5.75 Å². The minimum Gasteiger partial charge on any atom is -0.488 e. The lowest BCUT2D eigenvalue weighted by atomic mass is 10.1. The zero-order valence-corrected chi connectivity index (χ0v) is 16.4. The van der Waals surface area contributed by atoms with Crippen molar-refractivity contribution < 1.29 is 4.74 Å². The summed E-state index contributed by atoms with van der Waals surface area (Å²) in [6, 6.07) is 12.3. The third-order valence-electron chi connectivity index (χ3n) is 4.34. The number of fused-ring (bicyclic) bond motifs is 1. The summed E-state index contributed by atoms with van der Waals surface area (Å²) in [5, 5.41) is 1.20. The number of nitrogens with zero attached hydrogens (tertiary/aromatic N) is 2. The fourth-order valence-electron chi connectivity index (χ4n) is 3.21. The number of thiophene rings is 1. The second-order valence-corrected chi connectivity index (χ2v) is 7.95. The highest BCUT2D eigenvalue weighted by Gasteiger charge is 2.16. The Kier molecular flexibility index (Phi) is 5.72. The van der Waals surface area contributed by atoms with Crippen LogP contribution in [-0.2, 0) is 6.61 Å². The SMILES string of the molecule is Cc1cc(N2CCCC2)c2ccc(OCc3ccc(Cl)s3)cc2n1.Cl. The fourth-order valence-corrected chi connectivity index (χ4v) is 4.21. The van der Waals surface area contributed by atoms with E-state index in [9.17, 15) is 0 Å². The van der Waals surface area contributed by atoms with Gasteiger partial charge in [-0.25, -0.2) is 0 Å². The maximum atomic E-state index is 5.97. The van der Waals surface area contributed by atoms with Crippen LogP contribution in [0.15, 0.2) is 36.4 Å². The number of pyridine rings is 1. The molecule has 4 rings (SSSR count). The van der Waals surface area contributed by atoms with Crippen LogP contribution in [0.25, 0.3) is 10.9 Å². The first kappa shape index (κ1) is 18.3. The second-order valence-electron chi connectivity index (χ2n) is 6.15. The van der Waals surface area contributed by atoms with Crippen LogP contribution in [0.4, 0.5) is 5.69 Å². The van der Waals surface area contributed by atoms with Crippen LogP contribution < -0.4 is 9.64 Å². The summed E-state index contributed by atoms with van der Waals surface area (Å²) in [5.41, 5.74) is 3.34. The largest absolute Gasteiger partial charge is 0.488 e. The maximum absolute atomic E-state index is 5.97. The molecule has 0 spiro atoms. The highest BCUT2D eigenvalue weighted by molar-refractivity contribution is 7.16. The van der Waals surface area contributed by atoms with Gasteiger partial charge in [-0.05, 0) is 50.1 Å². The molecule has 6 heteroatoms. The normalized spacial score (nSPS) is 13.9. The Labute approximate surface area is 163 Å². The lowest BCUT2D eigenvalue weighted by molar-refractivity contribution is 0.310. The first-order chi connectivity index (χ1) is 11.7. The number of hydrogen-bond acceptors (Lipinski definition) is 4. The van der Waals surface area contributed by atoms with Crippen LogP contribution in [0.2, 0.25) is 4.34 Å². The first-order valence-electron chi connectivity index (χ1n) is 8.22. The van der Waals surface area contributed by atoms with Crippen LogP contribution >= 0.6 is 35.3 Å². The molecule has 0 unspecified atom stereocenters. The van der Waals surface area contributed by atoms with Gasteiger partial charge < -0.3 is 9.64 Å². The number of halogens is 2. The second kappa shape index (κ2) is 7.81. The Bertz CT molecular complexity index is 875. The number of ether oxygens (including phenoxy) is 1. The van der Waals surface area contributed by atoms with Gasteiger partial charge in [-0.1, -0.05) is 11.6 Å². The van der Waals surface area contributed by atoms with E-state index in [-0.39, 0.29) is 12.4 Å². The van der Waals surface area contributed by atoms with E-state index >= 15 is 0 Å². The van der Waals surface area contributed by atoms with Gasteiger partial charge in [0.15, 0.2) is 0 Å². The van der Waals surface area contributed by atoms with Gasteiger partial charge in [0, 0.05) is 40.8 Å². The number of aromatic nitrogens is 1. The van der Waals surface area contributed by atoms with Gasteiger partial charge in [0.2, 0.25) is 0 Å². The van der Waals surface area contributed by atoms with Crippen molar-refractivity contribution in [3.05, 3.63) is 51.3 Å². The van der Waals surface area contributed by atoms with Crippen LogP contribution in [-0.4, -0.2) is 18.1 Å². The molecule has 1 aromatic carbocycles. The van der Waals surface area contributed by atoms with Crippen molar-refractivity contribution in [2.45, 2.75) is 26.4 Å². The van der Waals surface area contributed by atoms with Crippen molar-refractivity contribution in [2.24, 2.45) is 0 Å². The molecule has 1 fully saturated rings. The zero-order valence-electron chi connectivity index (χ0n) is 14.0. The van der Waals surface area contributed by atoms with E-state index in [0.29, 0.717) is 6.61 Å². The smallest absolute Gasteiger partial charge is 0.122 e. The summed E-state index contributed by atoms with van der Waals surface area (Å²) >= 11 is 7.52. The molecule has 0 amide bonds. The average Bonchev–Trinajstić information content (AvgIpc) is 3.23. The molecule has 0 atom stereocenters. The maximum Gasteiger partial charge on any atom is 0.122 e. The molecule has 1 aliphatic rings. The van der Waals surface area contributed by atoms with Crippen molar-refractivity contribution in [1.29, 1.82) is 0 Å². The van der Waals surface area contributed by atoms with Crippen molar-refractivity contribution >= 4 is 51.9 Å². The van der Waals surface area contributed by atoms with Gasteiger partial charge in [0.25, 0.3) is 0 Å². The summed E-state index contributed by atoms with van der Waals surface area (Å²) in [7, 11) is 0. The van der Waals surface area contributed by atoms with E-state index in [4.69, 9.17) is 21.3 Å². The van der Waals surface area contributed by atoms with Gasteiger partial charge >= 0.3 is 0 Å². The predicted octanol–water partition coefficient (Wildman–Crippen LogP) is 5.86. The molecule has 25 heavy (non-hydrogen) atoms. The van der Waals surface area contributed by atoms with Crippen LogP contribution in [0, 0.1) is 6.92 Å². The first-order valence-corrected chi connectivity index (χ1v) is 9.42. The molecular formula is C19H20Cl2N2OS. The van der Waals surface area contributed by atoms with E-state index in [1.807, 2.05) is 24.3 Å². The average molecular weight is 395 g/mol. The number of aryl methyl sites for hydroxylation is 1. The molecule has 0 radical (unpaired) electrons. The van der Waals surface area contributed by atoms with Gasteiger partial charge in [-0.3, -0.25) is 4.98 Å².